The van der Waals surface area contributed by atoms with Crippen LogP contribution in [-0.4, -0.2) is 25.6 Å². The van der Waals surface area contributed by atoms with Crippen LogP contribution in [0.2, 0.25) is 0 Å². The number of allylic oxidation sites excluding steroid dienone is 1. The van der Waals surface area contributed by atoms with Crippen molar-refractivity contribution >= 4 is 11.9 Å². The number of carbonyl (C=O) groups is 2. The van der Waals surface area contributed by atoms with Gasteiger partial charge in [-0.05, 0) is 6.92 Å². The molecule has 0 heterocycles. The number of methoxy groups -OCH3 is 1. The Kier molecular flexibility index (Phi) is 10.4. The molecule has 0 aliphatic heterocycles. The Hall–Kier alpha value is 0.116. The van der Waals surface area contributed by atoms with Gasteiger partial charge in [0.2, 0.25) is 0 Å². The second-order valence-electron chi connectivity index (χ2n) is 2.08. The van der Waals surface area contributed by atoms with Gasteiger partial charge in [-0.3, -0.25) is 0 Å². The fraction of sp³-hybridized carbons (Fsp3) is 0.429. The number of rotatable bonds is 4. The fourth-order valence-corrected chi connectivity index (χ4v) is 0.498. The van der Waals surface area contributed by atoms with Crippen molar-refractivity contribution < 1.29 is 70.8 Å². The van der Waals surface area contributed by atoms with Crippen molar-refractivity contribution in [1.29, 1.82) is 0 Å². The molecule has 0 saturated carbocycles. The molecule has 0 aromatic rings. The van der Waals surface area contributed by atoms with Gasteiger partial charge in [-0.2, -0.15) is 0 Å². The molecule has 5 nitrogen and oxygen atoms in total. The maximum absolute atomic E-state index is 10.6. The van der Waals surface area contributed by atoms with Crippen molar-refractivity contribution in [3.63, 3.8) is 0 Å². The fourth-order valence-electron chi connectivity index (χ4n) is 0.498. The van der Waals surface area contributed by atoms with Gasteiger partial charge in [-0.15, -0.1) is 0 Å². The van der Waals surface area contributed by atoms with E-state index in [1.807, 2.05) is 0 Å². The van der Waals surface area contributed by atoms with Crippen molar-refractivity contribution in [2.75, 3.05) is 13.7 Å². The monoisotopic (exact) mass is 211 g/mol. The molecule has 13 heavy (non-hydrogen) atoms. The molecule has 1 N–H and O–H groups in total. The number of carboxylic acid groups (broad SMARTS) is 1. The molecule has 0 fully saturated rings. The van der Waals surface area contributed by atoms with Crippen LogP contribution in [0, 0.1) is 0 Å². The minimum atomic E-state index is -1.23. The summed E-state index contributed by atoms with van der Waals surface area (Å²) in [5.74, 6) is -1.76. The van der Waals surface area contributed by atoms with E-state index >= 15 is 0 Å². The summed E-state index contributed by atoms with van der Waals surface area (Å²) in [5, 5.41) is 12.4. The van der Waals surface area contributed by atoms with Crippen LogP contribution >= 0.6 is 0 Å². The van der Waals surface area contributed by atoms with Crippen LogP contribution in [0.15, 0.2) is 11.8 Å². The van der Waals surface area contributed by atoms with E-state index in [2.05, 4.69) is 10.1 Å². The molecule has 0 rings (SSSR count). The Balaban J connectivity index is 0. The van der Waals surface area contributed by atoms with E-state index in [1.54, 1.807) is 6.92 Å². The van der Waals surface area contributed by atoms with Crippen LogP contribution in [0.3, 0.4) is 0 Å². The number of nitrogens with one attached hydrogen (secondary N) is 1. The van der Waals surface area contributed by atoms with E-state index in [9.17, 15) is 14.7 Å². The molecule has 0 aromatic heterocycles. The Morgan fingerprint density at radius 1 is 1.54 bits per heavy atom. The zero-order valence-corrected chi connectivity index (χ0v) is 11.0. The summed E-state index contributed by atoms with van der Waals surface area (Å²) in [5.41, 5.74) is 0.422. The van der Waals surface area contributed by atoms with Crippen LogP contribution < -0.4 is 61.8 Å². The van der Waals surface area contributed by atoms with Gasteiger partial charge in [-0.1, -0.05) is 0 Å². The Morgan fingerprint density at radius 3 is 2.46 bits per heavy atom. The molecule has 0 bridgehead atoms. The standard InChI is InChI=1S/C7H11NO4.K/c1-5(3-7(11)12-2)8-4-6(9)10;/h3,8H,4H2,1-2H3,(H,9,10);/q;+1/p-1. The summed E-state index contributed by atoms with van der Waals surface area (Å²) >= 11 is 0. The molecule has 0 unspecified atom stereocenters. The van der Waals surface area contributed by atoms with Crippen molar-refractivity contribution in [1.82, 2.24) is 5.32 Å². The minimum absolute atomic E-state index is 0. The van der Waals surface area contributed by atoms with E-state index in [0.29, 0.717) is 5.70 Å². The maximum atomic E-state index is 10.6. The predicted octanol–water partition coefficient (Wildman–Crippen LogP) is -4.59. The first-order valence-corrected chi connectivity index (χ1v) is 3.26. The van der Waals surface area contributed by atoms with Gasteiger partial charge in [-0.25, -0.2) is 4.79 Å². The van der Waals surface area contributed by atoms with Crippen LogP contribution in [0.25, 0.3) is 0 Å². The van der Waals surface area contributed by atoms with Crippen LogP contribution in [0.4, 0.5) is 0 Å². The van der Waals surface area contributed by atoms with Crippen molar-refractivity contribution in [2.45, 2.75) is 6.92 Å². The van der Waals surface area contributed by atoms with Gasteiger partial charge in [0, 0.05) is 11.8 Å². The third-order valence-electron chi connectivity index (χ3n) is 1.05. The van der Waals surface area contributed by atoms with E-state index in [0.717, 1.165) is 6.08 Å². The summed E-state index contributed by atoms with van der Waals surface area (Å²) in [7, 11) is 1.24. The van der Waals surface area contributed by atoms with E-state index in [1.165, 1.54) is 7.11 Å². The van der Waals surface area contributed by atoms with Gasteiger partial charge in [0.25, 0.3) is 0 Å². The SMILES string of the molecule is COC(=O)C=C(C)NCC(=O)[O-].[K+]. The molecule has 6 heteroatoms. The second-order valence-corrected chi connectivity index (χ2v) is 2.08. The molecular weight excluding hydrogens is 201 g/mol. The van der Waals surface area contributed by atoms with Gasteiger partial charge in [0.15, 0.2) is 0 Å². The molecule has 0 aliphatic rings. The van der Waals surface area contributed by atoms with Crippen LogP contribution in [0.5, 0.6) is 0 Å². The number of hydrogen-bond donors (Lipinski definition) is 1. The number of hydrogen-bond acceptors (Lipinski definition) is 5. The van der Waals surface area contributed by atoms with Gasteiger partial charge in [0.1, 0.15) is 0 Å². The van der Waals surface area contributed by atoms with E-state index in [4.69, 9.17) is 0 Å². The minimum Gasteiger partial charge on any atom is -0.548 e. The van der Waals surface area contributed by atoms with Crippen LogP contribution in [0.1, 0.15) is 6.92 Å². The first-order valence-electron chi connectivity index (χ1n) is 3.26. The number of carboxylic acids is 1. The normalized spacial score (nSPS) is 9.85. The molecule has 0 radical (unpaired) electrons. The largest absolute Gasteiger partial charge is 1.00 e. The Morgan fingerprint density at radius 2 is 2.08 bits per heavy atom. The zero-order chi connectivity index (χ0) is 9.56. The van der Waals surface area contributed by atoms with E-state index in [-0.39, 0.29) is 57.9 Å². The maximum Gasteiger partial charge on any atom is 1.00 e. The van der Waals surface area contributed by atoms with Crippen LogP contribution in [-0.2, 0) is 14.3 Å². The number of carbonyl (C=O) groups excluding carboxylic acids is 2. The first kappa shape index (κ1) is 15.6. The molecule has 0 atom stereocenters. The summed E-state index contributed by atoms with van der Waals surface area (Å²) in [6.45, 7) is 1.24. The third-order valence-corrected chi connectivity index (χ3v) is 1.05. The number of ether oxygens (including phenoxy) is 1. The van der Waals surface area contributed by atoms with Gasteiger partial charge in [0.05, 0.1) is 19.6 Å². The Bertz CT molecular complexity index is 215. The van der Waals surface area contributed by atoms with Gasteiger partial charge < -0.3 is 20.0 Å². The molecule has 0 aliphatic carbocycles. The topological polar surface area (TPSA) is 78.5 Å². The molecule has 0 amide bonds. The molecule has 0 aromatic carbocycles. The smallest absolute Gasteiger partial charge is 0.548 e. The summed E-state index contributed by atoms with van der Waals surface area (Å²) < 4.78 is 4.31. The van der Waals surface area contributed by atoms with E-state index < -0.39 is 11.9 Å². The number of aliphatic carboxylic acids is 1. The zero-order valence-electron chi connectivity index (χ0n) is 7.92. The Labute approximate surface area is 119 Å². The van der Waals surface area contributed by atoms with Crippen molar-refractivity contribution in [3.8, 4) is 0 Å². The molecular formula is C7H10KNO4. The second kappa shape index (κ2) is 8.70. The van der Waals surface area contributed by atoms with Crippen molar-refractivity contribution in [3.05, 3.63) is 11.8 Å². The first-order chi connectivity index (χ1) is 5.56. The number of esters is 1. The average molecular weight is 211 g/mol. The third kappa shape index (κ3) is 10.0. The molecule has 0 spiro atoms. The van der Waals surface area contributed by atoms with Gasteiger partial charge >= 0.3 is 57.4 Å². The summed E-state index contributed by atoms with van der Waals surface area (Å²) in [6, 6.07) is 0. The molecule has 0 saturated heterocycles. The predicted molar refractivity (Wildman–Crippen MR) is 38.8 cm³/mol. The summed E-state index contributed by atoms with van der Waals surface area (Å²) in [4.78, 5) is 20.5. The summed E-state index contributed by atoms with van der Waals surface area (Å²) in [6.07, 6.45) is 1.16. The molecule has 68 valence electrons. The van der Waals surface area contributed by atoms with Crippen molar-refractivity contribution in [2.24, 2.45) is 0 Å². The average Bonchev–Trinajstić information content (AvgIpc) is 2.00. The quantitative estimate of drug-likeness (QED) is 0.288.